The molecule has 3 rings (SSSR count). The summed E-state index contributed by atoms with van der Waals surface area (Å²) in [6, 6.07) is 8.89. The molecule has 0 aromatic carbocycles. The largest absolute Gasteiger partial charge is 0.472 e. The van der Waals surface area contributed by atoms with Crippen LogP contribution in [0.25, 0.3) is 0 Å². The zero-order chi connectivity index (χ0) is 17.6. The van der Waals surface area contributed by atoms with Crippen LogP contribution in [-0.2, 0) is 6.54 Å². The third-order valence-corrected chi connectivity index (χ3v) is 3.91. The van der Waals surface area contributed by atoms with Gasteiger partial charge in [-0.1, -0.05) is 6.07 Å². The highest BCUT2D eigenvalue weighted by Gasteiger charge is 2.26. The molecule has 1 fully saturated rings. The molecule has 1 atom stereocenters. The number of pyridine rings is 1. The number of nitrogens with zero attached hydrogens (tertiary/aromatic N) is 3. The number of ether oxygens (including phenoxy) is 1. The number of likely N-dealkylation sites (tertiary alicyclic amines) is 1. The Bertz CT molecular complexity index is 744. The van der Waals surface area contributed by atoms with Gasteiger partial charge in [-0.2, -0.15) is 0 Å². The Morgan fingerprint density at radius 1 is 1.48 bits per heavy atom. The second-order valence-electron chi connectivity index (χ2n) is 5.67. The molecular weight excluding hydrogens is 322 g/mol. The number of nitrogens with one attached hydrogen (secondary N) is 1. The van der Waals surface area contributed by atoms with Crippen LogP contribution >= 0.6 is 0 Å². The van der Waals surface area contributed by atoms with Crippen LogP contribution in [0, 0.1) is 0 Å². The fourth-order valence-corrected chi connectivity index (χ4v) is 2.71. The molecular formula is C17H21N5O3. The number of furan rings is 1. The zero-order valence-corrected chi connectivity index (χ0v) is 14.0. The van der Waals surface area contributed by atoms with E-state index in [1.54, 1.807) is 25.4 Å². The fourth-order valence-electron chi connectivity index (χ4n) is 2.71. The number of primary amides is 1. The van der Waals surface area contributed by atoms with Crippen LogP contribution in [0.4, 0.5) is 0 Å². The molecule has 132 valence electrons. The van der Waals surface area contributed by atoms with Crippen molar-refractivity contribution in [3.05, 3.63) is 48.0 Å². The van der Waals surface area contributed by atoms with Crippen molar-refractivity contribution in [1.82, 2.24) is 15.2 Å². The minimum Gasteiger partial charge on any atom is -0.472 e. The first kappa shape index (κ1) is 16.8. The number of nitrogens with two attached hydrogens (primary N) is 1. The molecule has 1 amide bonds. The highest BCUT2D eigenvalue weighted by Crippen LogP contribution is 2.16. The summed E-state index contributed by atoms with van der Waals surface area (Å²) in [4.78, 5) is 21.7. The average molecular weight is 343 g/mol. The second-order valence-corrected chi connectivity index (χ2v) is 5.67. The molecule has 0 saturated carbocycles. The summed E-state index contributed by atoms with van der Waals surface area (Å²) in [5.74, 6) is 1.58. The molecule has 0 spiro atoms. The quantitative estimate of drug-likeness (QED) is 0.620. The van der Waals surface area contributed by atoms with Crippen molar-refractivity contribution < 1.29 is 13.9 Å². The van der Waals surface area contributed by atoms with Crippen LogP contribution in [0.5, 0.6) is 5.88 Å². The Balaban J connectivity index is 1.52. The van der Waals surface area contributed by atoms with E-state index in [2.05, 4.69) is 20.2 Å². The van der Waals surface area contributed by atoms with Gasteiger partial charge < -0.3 is 25.1 Å². The van der Waals surface area contributed by atoms with Gasteiger partial charge in [0.05, 0.1) is 13.1 Å². The highest BCUT2D eigenvalue weighted by atomic mass is 16.5. The van der Waals surface area contributed by atoms with E-state index in [9.17, 15) is 4.79 Å². The van der Waals surface area contributed by atoms with E-state index in [0.717, 1.165) is 25.5 Å². The number of hydrogen-bond acceptors (Lipinski definition) is 5. The van der Waals surface area contributed by atoms with Gasteiger partial charge in [0.25, 0.3) is 5.91 Å². The number of carbonyl (C=O) groups excluding carboxylic acids is 1. The predicted octanol–water partition coefficient (Wildman–Crippen LogP) is 1.00. The number of carbonyl (C=O) groups is 1. The molecule has 1 aliphatic heterocycles. The van der Waals surface area contributed by atoms with Gasteiger partial charge in [0.15, 0.2) is 11.7 Å². The molecule has 0 aliphatic carbocycles. The molecule has 0 radical (unpaired) electrons. The Morgan fingerprint density at radius 2 is 2.36 bits per heavy atom. The Labute approximate surface area is 145 Å². The first-order valence-electron chi connectivity index (χ1n) is 8.07. The lowest BCUT2D eigenvalue weighted by atomic mass is 10.3. The minimum absolute atomic E-state index is 0.0681. The Hall–Kier alpha value is -3.03. The van der Waals surface area contributed by atoms with E-state index >= 15 is 0 Å². The third-order valence-electron chi connectivity index (χ3n) is 3.91. The molecule has 2 aromatic rings. The topological polar surface area (TPSA) is 106 Å². The Kier molecular flexibility index (Phi) is 5.17. The average Bonchev–Trinajstić information content (AvgIpc) is 3.26. The summed E-state index contributed by atoms with van der Waals surface area (Å²) < 4.78 is 11.2. The number of guanidine groups is 1. The monoisotopic (exact) mass is 343 g/mol. The summed E-state index contributed by atoms with van der Waals surface area (Å²) in [5, 5.41) is 3.22. The maximum absolute atomic E-state index is 11.1. The molecule has 3 heterocycles. The van der Waals surface area contributed by atoms with Crippen LogP contribution in [0.1, 0.15) is 22.7 Å². The first-order valence-corrected chi connectivity index (χ1v) is 8.07. The van der Waals surface area contributed by atoms with Gasteiger partial charge in [-0.15, -0.1) is 0 Å². The lowest BCUT2D eigenvalue weighted by molar-refractivity contribution is 0.0972. The number of rotatable bonds is 5. The van der Waals surface area contributed by atoms with E-state index in [-0.39, 0.29) is 11.9 Å². The van der Waals surface area contributed by atoms with Crippen molar-refractivity contribution in [1.29, 1.82) is 0 Å². The molecule has 1 unspecified atom stereocenters. The molecule has 8 nitrogen and oxygen atoms in total. The highest BCUT2D eigenvalue weighted by molar-refractivity contribution is 5.89. The van der Waals surface area contributed by atoms with E-state index in [4.69, 9.17) is 14.9 Å². The van der Waals surface area contributed by atoms with Crippen LogP contribution in [-0.4, -0.2) is 48.0 Å². The van der Waals surface area contributed by atoms with E-state index in [1.807, 2.05) is 18.2 Å². The van der Waals surface area contributed by atoms with Gasteiger partial charge in [-0.25, -0.2) is 4.98 Å². The van der Waals surface area contributed by atoms with Crippen molar-refractivity contribution in [2.75, 3.05) is 20.1 Å². The minimum atomic E-state index is -0.579. The fraction of sp³-hybridized carbons (Fsp3) is 0.353. The lowest BCUT2D eigenvalue weighted by Gasteiger charge is -2.21. The van der Waals surface area contributed by atoms with Crippen molar-refractivity contribution in [2.24, 2.45) is 10.7 Å². The summed E-state index contributed by atoms with van der Waals surface area (Å²) in [7, 11) is 1.73. The summed E-state index contributed by atoms with van der Waals surface area (Å²) in [5.41, 5.74) is 5.18. The first-order chi connectivity index (χ1) is 12.2. The zero-order valence-electron chi connectivity index (χ0n) is 14.0. The smallest absolute Gasteiger partial charge is 0.284 e. The number of aliphatic imine (C=N–C) groups is 1. The summed E-state index contributed by atoms with van der Waals surface area (Å²) in [6.07, 6.45) is 2.68. The van der Waals surface area contributed by atoms with Gasteiger partial charge in [-0.05, 0) is 18.2 Å². The normalized spacial score (nSPS) is 17.6. The summed E-state index contributed by atoms with van der Waals surface area (Å²) in [6.45, 7) is 1.98. The van der Waals surface area contributed by atoms with E-state index < -0.39 is 5.91 Å². The van der Waals surface area contributed by atoms with Crippen LogP contribution < -0.4 is 15.8 Å². The van der Waals surface area contributed by atoms with Crippen molar-refractivity contribution in [3.8, 4) is 5.88 Å². The Morgan fingerprint density at radius 3 is 3.04 bits per heavy atom. The number of aromatic nitrogens is 1. The van der Waals surface area contributed by atoms with Gasteiger partial charge in [-0.3, -0.25) is 9.79 Å². The lowest BCUT2D eigenvalue weighted by Crippen LogP contribution is -2.40. The van der Waals surface area contributed by atoms with Crippen LogP contribution in [0.2, 0.25) is 0 Å². The third kappa shape index (κ3) is 4.28. The van der Waals surface area contributed by atoms with E-state index in [0.29, 0.717) is 18.2 Å². The SMILES string of the molecule is CN=C(NCc1ccc(C(N)=O)o1)N1CCC(Oc2ccccn2)C1. The molecule has 25 heavy (non-hydrogen) atoms. The number of amides is 1. The molecule has 1 saturated heterocycles. The maximum Gasteiger partial charge on any atom is 0.284 e. The number of hydrogen-bond donors (Lipinski definition) is 2. The maximum atomic E-state index is 11.1. The molecule has 3 N–H and O–H groups in total. The van der Waals surface area contributed by atoms with E-state index in [1.165, 1.54) is 0 Å². The molecule has 0 bridgehead atoms. The second kappa shape index (κ2) is 7.69. The predicted molar refractivity (Wildman–Crippen MR) is 92.3 cm³/mol. The van der Waals surface area contributed by atoms with Crippen molar-refractivity contribution in [2.45, 2.75) is 19.1 Å². The molecule has 8 heteroatoms. The van der Waals surface area contributed by atoms with Gasteiger partial charge in [0, 0.05) is 32.3 Å². The standard InChI is InChI=1S/C17H21N5O3/c1-19-17(21-10-12-5-6-14(24-12)16(18)23)22-9-7-13(11-22)25-15-4-2-3-8-20-15/h2-6,8,13H,7,9-11H2,1H3,(H2,18,23)(H,19,21). The molecule has 2 aromatic heterocycles. The summed E-state index contributed by atoms with van der Waals surface area (Å²) >= 11 is 0. The van der Waals surface area contributed by atoms with Crippen LogP contribution in [0.15, 0.2) is 45.9 Å². The van der Waals surface area contributed by atoms with Gasteiger partial charge >= 0.3 is 0 Å². The van der Waals surface area contributed by atoms with Crippen molar-refractivity contribution in [3.63, 3.8) is 0 Å². The van der Waals surface area contributed by atoms with Crippen LogP contribution in [0.3, 0.4) is 0 Å². The van der Waals surface area contributed by atoms with Gasteiger partial charge in [0.1, 0.15) is 11.9 Å². The van der Waals surface area contributed by atoms with Crippen molar-refractivity contribution >= 4 is 11.9 Å². The molecule has 1 aliphatic rings. The van der Waals surface area contributed by atoms with Gasteiger partial charge in [0.2, 0.25) is 5.88 Å².